The number of hydrogen-bond donors (Lipinski definition) is 1. The van der Waals surface area contributed by atoms with Gasteiger partial charge in [0, 0.05) is 38.2 Å². The Kier molecular flexibility index (Phi) is 5.90. The number of amides is 2. The molecule has 0 bridgehead atoms. The Hall–Kier alpha value is -3.09. The van der Waals surface area contributed by atoms with Crippen LogP contribution in [0.5, 0.6) is 11.5 Å². The van der Waals surface area contributed by atoms with Crippen LogP contribution < -0.4 is 19.7 Å². The molecule has 2 amide bonds. The van der Waals surface area contributed by atoms with Crippen molar-refractivity contribution in [1.29, 1.82) is 0 Å². The van der Waals surface area contributed by atoms with E-state index in [0.717, 1.165) is 5.56 Å². The fourth-order valence-electron chi connectivity index (χ4n) is 2.77. The number of ether oxygens (including phenoxy) is 2. The van der Waals surface area contributed by atoms with Gasteiger partial charge >= 0.3 is 0 Å². The highest BCUT2D eigenvalue weighted by molar-refractivity contribution is 5.92. The highest BCUT2D eigenvalue weighted by atomic mass is 19.1. The van der Waals surface area contributed by atoms with Crippen molar-refractivity contribution in [3.8, 4) is 11.5 Å². The van der Waals surface area contributed by atoms with Crippen LogP contribution in [0.15, 0.2) is 42.5 Å². The average Bonchev–Trinajstić information content (AvgIpc) is 2.67. The second-order valence-electron chi connectivity index (χ2n) is 6.15. The summed E-state index contributed by atoms with van der Waals surface area (Å²) in [4.78, 5) is 25.7. The topological polar surface area (TPSA) is 67.9 Å². The van der Waals surface area contributed by atoms with Gasteiger partial charge in [-0.15, -0.1) is 0 Å². The Bertz CT molecular complexity index is 823. The number of rotatable bonds is 6. The van der Waals surface area contributed by atoms with Gasteiger partial charge in [-0.05, 0) is 29.8 Å². The van der Waals surface area contributed by atoms with E-state index in [1.54, 1.807) is 30.3 Å². The van der Waals surface area contributed by atoms with Crippen LogP contribution in [0.1, 0.15) is 18.9 Å². The minimum Gasteiger partial charge on any atom is -0.486 e. The summed E-state index contributed by atoms with van der Waals surface area (Å²) in [6.07, 6.45) is 0.148. The molecule has 2 aromatic carbocycles. The van der Waals surface area contributed by atoms with E-state index in [2.05, 4.69) is 5.32 Å². The van der Waals surface area contributed by atoms with E-state index in [1.165, 1.54) is 24.0 Å². The maximum Gasteiger partial charge on any atom is 0.223 e. The summed E-state index contributed by atoms with van der Waals surface area (Å²) in [6, 6.07) is 11.2. The second kappa shape index (κ2) is 8.53. The van der Waals surface area contributed by atoms with Gasteiger partial charge < -0.3 is 19.7 Å². The first-order chi connectivity index (χ1) is 13.0. The monoisotopic (exact) mass is 372 g/mol. The third-order valence-electron chi connectivity index (χ3n) is 4.18. The Morgan fingerprint density at radius 3 is 2.48 bits per heavy atom. The van der Waals surface area contributed by atoms with Gasteiger partial charge in [-0.3, -0.25) is 9.59 Å². The Labute approximate surface area is 156 Å². The summed E-state index contributed by atoms with van der Waals surface area (Å²) < 4.78 is 23.9. The fraction of sp³-hybridized carbons (Fsp3) is 0.300. The molecule has 6 nitrogen and oxygen atoms in total. The molecule has 1 aliphatic rings. The molecule has 7 heteroatoms. The lowest BCUT2D eigenvalue weighted by molar-refractivity contribution is -0.121. The molecule has 0 radical (unpaired) electrons. The van der Waals surface area contributed by atoms with Crippen molar-refractivity contribution in [2.45, 2.75) is 19.9 Å². The minimum absolute atomic E-state index is 0.148. The SMILES string of the molecule is CC(=O)N(CCC(=O)NCc1ccc(F)cc1)c1ccc2c(c1)OCCO2. The summed E-state index contributed by atoms with van der Waals surface area (Å²) in [5, 5.41) is 2.77. The van der Waals surface area contributed by atoms with E-state index in [1.807, 2.05) is 0 Å². The number of fused-ring (bicyclic) bond motifs is 1. The third kappa shape index (κ3) is 4.97. The lowest BCUT2D eigenvalue weighted by Crippen LogP contribution is -2.33. The predicted molar refractivity (Wildman–Crippen MR) is 98.3 cm³/mol. The molecule has 0 fully saturated rings. The highest BCUT2D eigenvalue weighted by Gasteiger charge is 2.18. The zero-order chi connectivity index (χ0) is 19.2. The van der Waals surface area contributed by atoms with E-state index in [0.29, 0.717) is 36.9 Å². The Morgan fingerprint density at radius 1 is 1.07 bits per heavy atom. The molecule has 0 saturated carbocycles. The van der Waals surface area contributed by atoms with Crippen molar-refractivity contribution < 1.29 is 23.5 Å². The van der Waals surface area contributed by atoms with Crippen molar-refractivity contribution in [2.75, 3.05) is 24.7 Å². The molecular weight excluding hydrogens is 351 g/mol. The summed E-state index contributed by atoms with van der Waals surface area (Å²) in [7, 11) is 0. The van der Waals surface area contributed by atoms with Gasteiger partial charge in [0.1, 0.15) is 19.0 Å². The van der Waals surface area contributed by atoms with E-state index < -0.39 is 0 Å². The standard InChI is InChI=1S/C20H21FN2O4/c1-14(24)23(17-6-7-18-19(12-17)27-11-10-26-18)9-8-20(25)22-13-15-2-4-16(21)5-3-15/h2-7,12H,8-11,13H2,1H3,(H,22,25). The first-order valence-electron chi connectivity index (χ1n) is 8.72. The van der Waals surface area contributed by atoms with Crippen LogP contribution in [0.25, 0.3) is 0 Å². The van der Waals surface area contributed by atoms with Crippen molar-refractivity contribution in [3.05, 3.63) is 53.8 Å². The number of benzene rings is 2. The van der Waals surface area contributed by atoms with Gasteiger partial charge in [0.15, 0.2) is 11.5 Å². The van der Waals surface area contributed by atoms with Crippen molar-refractivity contribution in [1.82, 2.24) is 5.32 Å². The van der Waals surface area contributed by atoms with Gasteiger partial charge in [-0.1, -0.05) is 12.1 Å². The number of anilines is 1. The number of nitrogens with one attached hydrogen (secondary N) is 1. The first-order valence-corrected chi connectivity index (χ1v) is 8.72. The molecular formula is C20H21FN2O4. The van der Waals surface area contributed by atoms with E-state index in [4.69, 9.17) is 9.47 Å². The molecule has 0 aliphatic carbocycles. The van der Waals surface area contributed by atoms with Crippen LogP contribution in [0.4, 0.5) is 10.1 Å². The summed E-state index contributed by atoms with van der Waals surface area (Å²) in [5.41, 5.74) is 1.46. The number of hydrogen-bond acceptors (Lipinski definition) is 4. The molecule has 1 heterocycles. The van der Waals surface area contributed by atoms with Crippen LogP contribution >= 0.6 is 0 Å². The maximum atomic E-state index is 12.9. The molecule has 1 N–H and O–H groups in total. The quantitative estimate of drug-likeness (QED) is 0.847. The zero-order valence-corrected chi connectivity index (χ0v) is 15.0. The van der Waals surface area contributed by atoms with Gasteiger partial charge in [0.25, 0.3) is 0 Å². The predicted octanol–water partition coefficient (Wildman–Crippen LogP) is 2.66. The van der Waals surface area contributed by atoms with E-state index >= 15 is 0 Å². The normalized spacial score (nSPS) is 12.4. The smallest absolute Gasteiger partial charge is 0.223 e. The molecule has 0 spiro atoms. The van der Waals surface area contributed by atoms with E-state index in [-0.39, 0.29) is 30.6 Å². The van der Waals surface area contributed by atoms with Gasteiger partial charge in [-0.2, -0.15) is 0 Å². The van der Waals surface area contributed by atoms with Crippen LogP contribution in [-0.2, 0) is 16.1 Å². The lowest BCUT2D eigenvalue weighted by atomic mass is 10.2. The first kappa shape index (κ1) is 18.7. The van der Waals surface area contributed by atoms with Gasteiger partial charge in [0.05, 0.1) is 0 Å². The Morgan fingerprint density at radius 2 is 1.78 bits per heavy atom. The van der Waals surface area contributed by atoms with Gasteiger partial charge in [-0.25, -0.2) is 4.39 Å². The molecule has 3 rings (SSSR count). The Balaban J connectivity index is 1.57. The summed E-state index contributed by atoms with van der Waals surface area (Å²) >= 11 is 0. The summed E-state index contributed by atoms with van der Waals surface area (Å²) in [6.45, 7) is 2.96. The van der Waals surface area contributed by atoms with E-state index in [9.17, 15) is 14.0 Å². The van der Waals surface area contributed by atoms with Crippen molar-refractivity contribution in [2.24, 2.45) is 0 Å². The molecule has 2 aromatic rings. The third-order valence-corrected chi connectivity index (χ3v) is 4.18. The summed E-state index contributed by atoms with van der Waals surface area (Å²) in [5.74, 6) is 0.555. The molecule has 142 valence electrons. The van der Waals surface area contributed by atoms with Gasteiger partial charge in [0.2, 0.25) is 11.8 Å². The van der Waals surface area contributed by atoms with Crippen molar-refractivity contribution >= 4 is 17.5 Å². The molecule has 0 saturated heterocycles. The van der Waals surface area contributed by atoms with Crippen LogP contribution in [0.3, 0.4) is 0 Å². The average molecular weight is 372 g/mol. The number of carbonyl (C=O) groups is 2. The largest absolute Gasteiger partial charge is 0.486 e. The number of nitrogens with zero attached hydrogens (tertiary/aromatic N) is 1. The van der Waals surface area contributed by atoms with Crippen LogP contribution in [-0.4, -0.2) is 31.6 Å². The maximum absolute atomic E-state index is 12.9. The molecule has 0 atom stereocenters. The fourth-order valence-corrected chi connectivity index (χ4v) is 2.77. The minimum atomic E-state index is -0.318. The van der Waals surface area contributed by atoms with Crippen LogP contribution in [0.2, 0.25) is 0 Å². The number of carbonyl (C=O) groups excluding carboxylic acids is 2. The lowest BCUT2D eigenvalue weighted by Gasteiger charge is -2.24. The molecule has 0 unspecified atom stereocenters. The molecule has 1 aliphatic heterocycles. The molecule has 0 aromatic heterocycles. The number of halogens is 1. The highest BCUT2D eigenvalue weighted by Crippen LogP contribution is 2.34. The second-order valence-corrected chi connectivity index (χ2v) is 6.15. The van der Waals surface area contributed by atoms with Crippen LogP contribution in [0, 0.1) is 5.82 Å². The zero-order valence-electron chi connectivity index (χ0n) is 15.0. The molecule has 27 heavy (non-hydrogen) atoms. The van der Waals surface area contributed by atoms with Crippen molar-refractivity contribution in [3.63, 3.8) is 0 Å².